The average molecular weight is 525 g/mol. The Hall–Kier alpha value is -2.00. The SMILES string of the molecule is CCNC(=NCC(O)c1cccc(OC)c1)NC1CC(C)(C)Oc2ccccc21.I. The van der Waals surface area contributed by atoms with Gasteiger partial charge in [0, 0.05) is 18.5 Å². The molecule has 0 saturated carbocycles. The number of hydrogen-bond acceptors (Lipinski definition) is 4. The Labute approximate surface area is 196 Å². The fourth-order valence-electron chi connectivity index (χ4n) is 3.55. The van der Waals surface area contributed by atoms with Crippen LogP contribution in [0.4, 0.5) is 0 Å². The maximum absolute atomic E-state index is 10.6. The number of rotatable bonds is 6. The average Bonchev–Trinajstić information content (AvgIpc) is 2.71. The molecular formula is C23H32IN3O3. The van der Waals surface area contributed by atoms with Crippen LogP contribution in [0.3, 0.4) is 0 Å². The van der Waals surface area contributed by atoms with E-state index in [1.807, 2.05) is 49.4 Å². The van der Waals surface area contributed by atoms with Gasteiger partial charge in [0.05, 0.1) is 25.8 Å². The largest absolute Gasteiger partial charge is 0.497 e. The highest BCUT2D eigenvalue weighted by Gasteiger charge is 2.34. The van der Waals surface area contributed by atoms with Crippen molar-refractivity contribution in [3.63, 3.8) is 0 Å². The second-order valence-corrected chi connectivity index (χ2v) is 7.81. The van der Waals surface area contributed by atoms with Gasteiger partial charge in [-0.25, -0.2) is 0 Å². The van der Waals surface area contributed by atoms with E-state index in [2.05, 4.69) is 35.5 Å². The van der Waals surface area contributed by atoms with Crippen LogP contribution in [0.5, 0.6) is 11.5 Å². The summed E-state index contributed by atoms with van der Waals surface area (Å²) in [7, 11) is 1.62. The van der Waals surface area contributed by atoms with Crippen LogP contribution in [0, 0.1) is 0 Å². The van der Waals surface area contributed by atoms with Gasteiger partial charge in [-0.3, -0.25) is 4.99 Å². The van der Waals surface area contributed by atoms with Crippen LogP contribution in [-0.2, 0) is 0 Å². The number of aliphatic imine (C=N–C) groups is 1. The quantitative estimate of drug-likeness (QED) is 0.300. The zero-order valence-electron chi connectivity index (χ0n) is 18.0. The van der Waals surface area contributed by atoms with Crippen molar-refractivity contribution in [3.8, 4) is 11.5 Å². The van der Waals surface area contributed by atoms with E-state index in [4.69, 9.17) is 9.47 Å². The highest BCUT2D eigenvalue weighted by atomic mass is 127. The van der Waals surface area contributed by atoms with Gasteiger partial charge in [-0.2, -0.15) is 0 Å². The lowest BCUT2D eigenvalue weighted by Gasteiger charge is -2.38. The maximum atomic E-state index is 10.6. The van der Waals surface area contributed by atoms with Gasteiger partial charge >= 0.3 is 0 Å². The lowest BCUT2D eigenvalue weighted by Crippen LogP contribution is -2.45. The predicted octanol–water partition coefficient (Wildman–Crippen LogP) is 4.20. The van der Waals surface area contributed by atoms with Gasteiger partial charge in [0.15, 0.2) is 5.96 Å². The minimum atomic E-state index is -0.709. The van der Waals surface area contributed by atoms with Crippen molar-refractivity contribution in [2.24, 2.45) is 4.99 Å². The van der Waals surface area contributed by atoms with Crippen LogP contribution in [0.15, 0.2) is 53.5 Å². The zero-order chi connectivity index (χ0) is 20.9. The molecule has 2 atom stereocenters. The number of aliphatic hydroxyl groups is 1. The highest BCUT2D eigenvalue weighted by molar-refractivity contribution is 14.0. The molecular weight excluding hydrogens is 493 g/mol. The topological polar surface area (TPSA) is 75.1 Å². The molecule has 2 aromatic rings. The number of para-hydroxylation sites is 1. The molecule has 0 aromatic heterocycles. The summed E-state index contributed by atoms with van der Waals surface area (Å²) in [6, 6.07) is 15.6. The van der Waals surface area contributed by atoms with Gasteiger partial charge in [-0.05, 0) is 44.5 Å². The Morgan fingerprint density at radius 2 is 2.03 bits per heavy atom. The summed E-state index contributed by atoms with van der Waals surface area (Å²) in [5.41, 5.74) is 1.62. The molecule has 30 heavy (non-hydrogen) atoms. The van der Waals surface area contributed by atoms with Crippen LogP contribution in [0.1, 0.15) is 50.5 Å². The van der Waals surface area contributed by atoms with Crippen LogP contribution < -0.4 is 20.1 Å². The molecule has 7 heteroatoms. The molecule has 1 aliphatic heterocycles. The van der Waals surface area contributed by atoms with Crippen molar-refractivity contribution in [2.45, 2.75) is 44.9 Å². The second kappa shape index (κ2) is 10.9. The fraction of sp³-hybridized carbons (Fsp3) is 0.435. The standard InChI is InChI=1S/C23H31N3O3.HI/c1-5-24-22(25-15-20(27)16-9-8-10-17(13-16)28-4)26-19-14-23(2,3)29-21-12-7-6-11-18(19)21;/h6-13,19-20,27H,5,14-15H2,1-4H3,(H2,24,25,26);1H. The molecule has 164 valence electrons. The summed E-state index contributed by atoms with van der Waals surface area (Å²) in [5, 5.41) is 17.4. The predicted molar refractivity (Wildman–Crippen MR) is 131 cm³/mol. The second-order valence-electron chi connectivity index (χ2n) is 7.81. The normalized spacial score (nSPS) is 18.3. The molecule has 0 aliphatic carbocycles. The van der Waals surface area contributed by atoms with Crippen molar-refractivity contribution >= 4 is 29.9 Å². The van der Waals surface area contributed by atoms with Gasteiger partial charge in [0.1, 0.15) is 17.1 Å². The summed E-state index contributed by atoms with van der Waals surface area (Å²) in [6.07, 6.45) is 0.103. The molecule has 1 heterocycles. The number of fused-ring (bicyclic) bond motifs is 1. The summed E-state index contributed by atoms with van der Waals surface area (Å²) in [6.45, 7) is 7.19. The molecule has 0 saturated heterocycles. The lowest BCUT2D eigenvalue weighted by molar-refractivity contribution is 0.0693. The summed E-state index contributed by atoms with van der Waals surface area (Å²) >= 11 is 0. The minimum Gasteiger partial charge on any atom is -0.497 e. The Balaban J connectivity index is 0.00000320. The molecule has 0 fully saturated rings. The number of nitrogens with zero attached hydrogens (tertiary/aromatic N) is 1. The molecule has 0 amide bonds. The number of ether oxygens (including phenoxy) is 2. The zero-order valence-corrected chi connectivity index (χ0v) is 20.3. The molecule has 2 aromatic carbocycles. The van der Waals surface area contributed by atoms with E-state index < -0.39 is 6.10 Å². The van der Waals surface area contributed by atoms with Crippen LogP contribution >= 0.6 is 24.0 Å². The van der Waals surface area contributed by atoms with Gasteiger partial charge in [0.25, 0.3) is 0 Å². The van der Waals surface area contributed by atoms with Crippen molar-refractivity contribution in [1.29, 1.82) is 0 Å². The van der Waals surface area contributed by atoms with Gasteiger partial charge in [-0.15, -0.1) is 24.0 Å². The first-order chi connectivity index (χ1) is 13.9. The number of benzene rings is 2. The lowest BCUT2D eigenvalue weighted by atomic mass is 9.90. The molecule has 3 N–H and O–H groups in total. The Morgan fingerprint density at radius 3 is 2.77 bits per heavy atom. The number of methoxy groups -OCH3 is 1. The van der Waals surface area contributed by atoms with E-state index in [1.165, 1.54) is 0 Å². The van der Waals surface area contributed by atoms with Crippen molar-refractivity contribution < 1.29 is 14.6 Å². The third-order valence-corrected chi connectivity index (χ3v) is 4.93. The van der Waals surface area contributed by atoms with E-state index in [0.29, 0.717) is 5.96 Å². The minimum absolute atomic E-state index is 0. The first-order valence-electron chi connectivity index (χ1n) is 10.1. The molecule has 0 spiro atoms. The number of aliphatic hydroxyl groups excluding tert-OH is 1. The van der Waals surface area contributed by atoms with Gasteiger partial charge in [-0.1, -0.05) is 30.3 Å². The van der Waals surface area contributed by atoms with E-state index in [-0.39, 0.29) is 42.2 Å². The third-order valence-electron chi connectivity index (χ3n) is 4.93. The molecule has 2 unspecified atom stereocenters. The highest BCUT2D eigenvalue weighted by Crippen LogP contribution is 2.39. The summed E-state index contributed by atoms with van der Waals surface area (Å²) in [5.74, 6) is 2.29. The van der Waals surface area contributed by atoms with Crippen LogP contribution in [0.25, 0.3) is 0 Å². The van der Waals surface area contributed by atoms with Gasteiger partial charge in [0.2, 0.25) is 0 Å². The number of guanidine groups is 1. The molecule has 0 bridgehead atoms. The Morgan fingerprint density at radius 1 is 1.27 bits per heavy atom. The van der Waals surface area contributed by atoms with E-state index in [1.54, 1.807) is 7.11 Å². The van der Waals surface area contributed by atoms with E-state index in [0.717, 1.165) is 35.6 Å². The van der Waals surface area contributed by atoms with Crippen LogP contribution in [0.2, 0.25) is 0 Å². The molecule has 1 aliphatic rings. The van der Waals surface area contributed by atoms with Crippen molar-refractivity contribution in [1.82, 2.24) is 10.6 Å². The molecule has 6 nitrogen and oxygen atoms in total. The first kappa shape index (κ1) is 24.3. The van der Waals surface area contributed by atoms with Crippen molar-refractivity contribution in [2.75, 3.05) is 20.2 Å². The molecule has 3 rings (SSSR count). The number of halogens is 1. The maximum Gasteiger partial charge on any atom is 0.191 e. The van der Waals surface area contributed by atoms with E-state index in [9.17, 15) is 5.11 Å². The summed E-state index contributed by atoms with van der Waals surface area (Å²) in [4.78, 5) is 4.62. The van der Waals surface area contributed by atoms with Gasteiger partial charge < -0.3 is 25.2 Å². The Bertz CT molecular complexity index is 857. The molecule has 0 radical (unpaired) electrons. The Kier molecular flexibility index (Phi) is 8.78. The number of hydrogen-bond donors (Lipinski definition) is 3. The monoisotopic (exact) mass is 525 g/mol. The number of nitrogens with one attached hydrogen (secondary N) is 2. The van der Waals surface area contributed by atoms with Crippen molar-refractivity contribution in [3.05, 3.63) is 59.7 Å². The fourth-order valence-corrected chi connectivity index (χ4v) is 3.55. The summed E-state index contributed by atoms with van der Waals surface area (Å²) < 4.78 is 11.4. The third kappa shape index (κ3) is 6.25. The first-order valence-corrected chi connectivity index (χ1v) is 10.1. The van der Waals surface area contributed by atoms with Crippen LogP contribution in [-0.4, -0.2) is 36.9 Å². The smallest absolute Gasteiger partial charge is 0.191 e. The van der Waals surface area contributed by atoms with E-state index >= 15 is 0 Å².